The molecule has 10 rings (SSSR count). The lowest BCUT2D eigenvalue weighted by Gasteiger charge is -2.48. The predicted octanol–water partition coefficient (Wildman–Crippen LogP) is 3.05. The zero-order valence-electron chi connectivity index (χ0n) is 27.2. The van der Waals surface area contributed by atoms with Gasteiger partial charge in [-0.25, -0.2) is 0 Å². The topological polar surface area (TPSA) is 123 Å². The number of nitrogens with one attached hydrogen (secondary N) is 4. The Balaban J connectivity index is 1.13. The first-order chi connectivity index (χ1) is 24.4. The van der Waals surface area contributed by atoms with E-state index in [1.807, 2.05) is 97.1 Å². The molecule has 4 N–H and O–H groups in total. The maximum atomic E-state index is 14.6. The molecule has 0 aromatic heterocycles. The Morgan fingerprint density at radius 1 is 0.500 bits per heavy atom. The fourth-order valence-corrected chi connectivity index (χ4v) is 10.4. The van der Waals surface area contributed by atoms with Crippen molar-refractivity contribution in [1.29, 1.82) is 0 Å². The van der Waals surface area contributed by atoms with Crippen LogP contribution < -0.4 is 21.3 Å². The highest BCUT2D eigenvalue weighted by Gasteiger charge is 2.78. The zero-order valence-corrected chi connectivity index (χ0v) is 27.2. The van der Waals surface area contributed by atoms with Crippen LogP contribution in [0.5, 0.6) is 0 Å². The van der Waals surface area contributed by atoms with Gasteiger partial charge in [0.15, 0.2) is 0 Å². The quantitative estimate of drug-likeness (QED) is 0.260. The number of carbonyl (C=O) groups excluding carboxylic acids is 4. The van der Waals surface area contributed by atoms with Crippen molar-refractivity contribution in [2.24, 2.45) is 0 Å². The van der Waals surface area contributed by atoms with E-state index in [0.717, 1.165) is 33.6 Å². The van der Waals surface area contributed by atoms with E-state index < -0.39 is 47.3 Å². The third kappa shape index (κ3) is 3.73. The van der Waals surface area contributed by atoms with Gasteiger partial charge in [-0.1, -0.05) is 97.1 Å². The van der Waals surface area contributed by atoms with Crippen molar-refractivity contribution in [2.75, 3.05) is 10.6 Å². The van der Waals surface area contributed by atoms with Gasteiger partial charge in [-0.05, 0) is 47.2 Å². The Hall–Kier alpha value is -5.64. The van der Waals surface area contributed by atoms with Crippen LogP contribution in [0, 0.1) is 0 Å². The largest absolute Gasteiger partial charge is 0.364 e. The summed E-state index contributed by atoms with van der Waals surface area (Å²) in [6, 6.07) is 32.8. The van der Waals surface area contributed by atoms with Crippen LogP contribution >= 0.6 is 0 Å². The van der Waals surface area contributed by atoms with Crippen molar-refractivity contribution < 1.29 is 19.2 Å². The molecule has 4 aromatic carbocycles. The summed E-state index contributed by atoms with van der Waals surface area (Å²) in [5, 5.41) is 13.6. The molecule has 10 heteroatoms. The summed E-state index contributed by atoms with van der Waals surface area (Å²) in [5.74, 6) is -0.632. The summed E-state index contributed by atoms with van der Waals surface area (Å²) >= 11 is 0. The number of piperazine rings is 2. The number of anilines is 2. The summed E-state index contributed by atoms with van der Waals surface area (Å²) in [7, 11) is 0. The second kappa shape index (κ2) is 10.4. The molecule has 0 aliphatic carbocycles. The summed E-state index contributed by atoms with van der Waals surface area (Å²) in [4.78, 5) is 61.2. The molecular formula is C40H36N6O4. The average molecular weight is 665 g/mol. The first kappa shape index (κ1) is 29.3. The molecule has 4 amide bonds. The second-order valence-electron chi connectivity index (χ2n) is 14.6. The first-order valence-electron chi connectivity index (χ1n) is 17.5. The lowest BCUT2D eigenvalue weighted by Crippen LogP contribution is -2.67. The van der Waals surface area contributed by atoms with Crippen molar-refractivity contribution in [3.8, 4) is 0 Å². The molecule has 6 aliphatic heterocycles. The Bertz CT molecular complexity index is 1940. The Morgan fingerprint density at radius 2 is 0.880 bits per heavy atom. The van der Waals surface area contributed by atoms with E-state index in [1.54, 1.807) is 9.80 Å². The number of rotatable bonds is 5. The summed E-state index contributed by atoms with van der Waals surface area (Å²) in [6.07, 6.45) is 0.273. The SMILES string of the molecule is O=C1N[C@@H](Cc2ccccc2)C(=O)N2[C@@H]1C[C@]1([C@]34C[C@H]5C(=O)N[C@@H](Cc6ccccc6)C(=O)N5[C@H]3Nc3ccccc34)c3ccccc3N[C@H]21. The minimum absolute atomic E-state index is 0.134. The molecule has 0 radical (unpaired) electrons. The number of benzene rings is 4. The Kier molecular flexibility index (Phi) is 6.11. The van der Waals surface area contributed by atoms with Crippen molar-refractivity contribution in [3.63, 3.8) is 0 Å². The van der Waals surface area contributed by atoms with Gasteiger partial charge in [-0.2, -0.15) is 0 Å². The van der Waals surface area contributed by atoms with E-state index >= 15 is 0 Å². The number of carbonyl (C=O) groups is 4. The van der Waals surface area contributed by atoms with Crippen LogP contribution in [0.25, 0.3) is 0 Å². The number of hydrogen-bond donors (Lipinski definition) is 4. The molecule has 4 aromatic rings. The van der Waals surface area contributed by atoms with Crippen molar-refractivity contribution >= 4 is 35.0 Å². The van der Waals surface area contributed by atoms with Gasteiger partial charge >= 0.3 is 0 Å². The van der Waals surface area contributed by atoms with Crippen molar-refractivity contribution in [1.82, 2.24) is 20.4 Å². The fourth-order valence-electron chi connectivity index (χ4n) is 10.4. The van der Waals surface area contributed by atoms with Gasteiger partial charge in [-0.3, -0.25) is 19.2 Å². The number of para-hydroxylation sites is 2. The third-order valence-corrected chi connectivity index (χ3v) is 12.3. The summed E-state index contributed by atoms with van der Waals surface area (Å²) < 4.78 is 0. The van der Waals surface area contributed by atoms with Gasteiger partial charge in [0.05, 0.1) is 10.8 Å². The van der Waals surface area contributed by atoms with Gasteiger partial charge in [0.25, 0.3) is 0 Å². The summed E-state index contributed by atoms with van der Waals surface area (Å²) in [5.41, 5.74) is 4.00. The van der Waals surface area contributed by atoms with Crippen molar-refractivity contribution in [3.05, 3.63) is 131 Å². The Morgan fingerprint density at radius 3 is 1.30 bits per heavy atom. The van der Waals surface area contributed by atoms with E-state index in [9.17, 15) is 19.2 Å². The minimum Gasteiger partial charge on any atom is -0.364 e. The smallest absolute Gasteiger partial charge is 0.247 e. The van der Waals surface area contributed by atoms with Gasteiger partial charge in [0.1, 0.15) is 36.5 Å². The predicted molar refractivity (Wildman–Crippen MR) is 186 cm³/mol. The molecule has 0 spiro atoms. The summed E-state index contributed by atoms with van der Waals surface area (Å²) in [6.45, 7) is 0. The second-order valence-corrected chi connectivity index (χ2v) is 14.6. The minimum atomic E-state index is -0.861. The maximum absolute atomic E-state index is 14.6. The monoisotopic (exact) mass is 664 g/mol. The van der Waals surface area contributed by atoms with Gasteiger partial charge in [0, 0.05) is 24.2 Å². The highest BCUT2D eigenvalue weighted by atomic mass is 16.2. The third-order valence-electron chi connectivity index (χ3n) is 12.3. The number of hydrogen-bond acceptors (Lipinski definition) is 6. The molecule has 6 heterocycles. The van der Waals surface area contributed by atoms with E-state index in [1.165, 1.54) is 0 Å². The molecule has 0 bridgehead atoms. The molecule has 0 unspecified atom stereocenters. The molecule has 10 nitrogen and oxygen atoms in total. The standard InChI is InChI=1S/C40H36N6O4/c47-33-31-21-39(25-15-7-9-17-27(25)43-37(39)45(31)35(49)29(41-33)19-23-11-3-1-4-12-23)40-22-32-34(48)42-30(20-24-13-5-2-6-14-24)36(50)46(32)38(40)44-28-18-10-8-16-26(28)40/h1-18,29-32,37-38,43-44H,19-22H2,(H,41,47)(H,42,48)/t29-,30-,31-,32+,37+,38+,39-,40-/m0/s1. The van der Waals surface area contributed by atoms with Crippen LogP contribution in [0.15, 0.2) is 109 Å². The molecule has 6 aliphatic rings. The number of amides is 4. The van der Waals surface area contributed by atoms with Gasteiger partial charge in [0.2, 0.25) is 23.6 Å². The molecule has 0 saturated carbocycles. The van der Waals surface area contributed by atoms with Crippen LogP contribution in [-0.2, 0) is 42.8 Å². The number of fused-ring (bicyclic) bond motifs is 11. The van der Waals surface area contributed by atoms with Crippen LogP contribution in [0.4, 0.5) is 11.4 Å². The van der Waals surface area contributed by atoms with Crippen LogP contribution in [0.2, 0.25) is 0 Å². The highest BCUT2D eigenvalue weighted by molar-refractivity contribution is 6.01. The Labute approximate surface area is 289 Å². The molecular weight excluding hydrogens is 628 g/mol. The van der Waals surface area contributed by atoms with E-state index in [4.69, 9.17) is 0 Å². The molecule has 4 saturated heterocycles. The van der Waals surface area contributed by atoms with E-state index in [-0.39, 0.29) is 23.6 Å². The molecule has 50 heavy (non-hydrogen) atoms. The number of nitrogens with zero attached hydrogens (tertiary/aromatic N) is 2. The van der Waals surface area contributed by atoms with Crippen LogP contribution in [0.1, 0.15) is 35.1 Å². The van der Waals surface area contributed by atoms with Crippen LogP contribution in [0.3, 0.4) is 0 Å². The highest BCUT2D eigenvalue weighted by Crippen LogP contribution is 2.68. The lowest BCUT2D eigenvalue weighted by molar-refractivity contribution is -0.149. The lowest BCUT2D eigenvalue weighted by atomic mass is 9.54. The molecule has 250 valence electrons. The van der Waals surface area contributed by atoms with Crippen molar-refractivity contribution in [2.45, 2.75) is 73.0 Å². The average Bonchev–Trinajstić information content (AvgIpc) is 3.85. The van der Waals surface area contributed by atoms with E-state index in [2.05, 4.69) is 33.4 Å². The van der Waals surface area contributed by atoms with Gasteiger partial charge < -0.3 is 31.1 Å². The van der Waals surface area contributed by atoms with E-state index in [0.29, 0.717) is 25.7 Å². The molecule has 4 fully saturated rings. The first-order valence-corrected chi connectivity index (χ1v) is 17.5. The zero-order chi connectivity index (χ0) is 33.8. The maximum Gasteiger partial charge on any atom is 0.247 e. The normalized spacial score (nSPS) is 32.9. The fraction of sp³-hybridized carbons (Fsp3) is 0.300. The van der Waals surface area contributed by atoms with Crippen LogP contribution in [-0.4, -0.2) is 69.9 Å². The molecule has 8 atom stereocenters. The van der Waals surface area contributed by atoms with Gasteiger partial charge in [-0.15, -0.1) is 0 Å².